The second-order valence-electron chi connectivity index (χ2n) is 7.46. The molecule has 0 amide bonds. The molecular formula is C20H41NaO4S. The summed E-state index contributed by atoms with van der Waals surface area (Å²) in [6.07, 6.45) is 15.1. The van der Waals surface area contributed by atoms with E-state index < -0.39 is 15.4 Å². The van der Waals surface area contributed by atoms with E-state index in [0.717, 1.165) is 64.2 Å². The van der Waals surface area contributed by atoms with Crippen molar-refractivity contribution in [3.63, 3.8) is 0 Å². The quantitative estimate of drug-likeness (QED) is 0.218. The van der Waals surface area contributed by atoms with Gasteiger partial charge in [-0.1, -0.05) is 90.9 Å². The largest absolute Gasteiger partial charge is 1.00 e. The Balaban J connectivity index is 0. The first-order valence-electron chi connectivity index (χ1n) is 10.5. The number of aliphatic hydroxyl groups excluding tert-OH is 1. The van der Waals surface area contributed by atoms with Crippen LogP contribution in [0.1, 0.15) is 117 Å². The van der Waals surface area contributed by atoms with Crippen molar-refractivity contribution in [2.75, 3.05) is 0 Å². The molecule has 0 aromatic rings. The molecule has 0 spiro atoms. The van der Waals surface area contributed by atoms with E-state index >= 15 is 0 Å². The van der Waals surface area contributed by atoms with Gasteiger partial charge in [-0.15, -0.1) is 0 Å². The predicted octanol–water partition coefficient (Wildman–Crippen LogP) is 2.55. The summed E-state index contributed by atoms with van der Waals surface area (Å²) in [5, 5.41) is 9.08. The molecule has 0 rings (SSSR count). The molecule has 0 aromatic carbocycles. The maximum Gasteiger partial charge on any atom is 1.00 e. The van der Waals surface area contributed by atoms with Gasteiger partial charge in [0.1, 0.15) is 0 Å². The van der Waals surface area contributed by atoms with Crippen LogP contribution in [0.5, 0.6) is 0 Å². The summed E-state index contributed by atoms with van der Waals surface area (Å²) in [6, 6.07) is 0. The van der Waals surface area contributed by atoms with Crippen molar-refractivity contribution in [3.8, 4) is 0 Å². The summed E-state index contributed by atoms with van der Waals surface area (Å²) in [5.41, 5.74) is 0. The van der Waals surface area contributed by atoms with Crippen LogP contribution in [-0.2, 0) is 10.1 Å². The molecule has 0 heterocycles. The Hall–Kier alpha value is 0.870. The molecule has 1 N–H and O–H groups in total. The minimum Gasteiger partial charge on any atom is -0.748 e. The summed E-state index contributed by atoms with van der Waals surface area (Å²) in [6.45, 7) is 4.30. The van der Waals surface area contributed by atoms with E-state index in [1.807, 2.05) is 0 Å². The van der Waals surface area contributed by atoms with E-state index in [2.05, 4.69) is 13.8 Å². The molecule has 2 unspecified atom stereocenters. The molecule has 152 valence electrons. The number of aliphatic hydroxyl groups is 1. The van der Waals surface area contributed by atoms with Crippen LogP contribution in [0.15, 0.2) is 0 Å². The van der Waals surface area contributed by atoms with Gasteiger partial charge in [0.2, 0.25) is 0 Å². The maximum absolute atomic E-state index is 11.4. The van der Waals surface area contributed by atoms with Crippen LogP contribution in [0.4, 0.5) is 0 Å². The van der Waals surface area contributed by atoms with Gasteiger partial charge in [0.05, 0.1) is 16.2 Å². The van der Waals surface area contributed by atoms with E-state index in [4.69, 9.17) is 0 Å². The Bertz CT molecular complexity index is 387. The Labute approximate surface area is 185 Å². The molecule has 0 bridgehead atoms. The summed E-state index contributed by atoms with van der Waals surface area (Å²) < 4.78 is 34.3. The molecule has 0 aromatic heterocycles. The predicted molar refractivity (Wildman–Crippen MR) is 105 cm³/mol. The van der Waals surface area contributed by atoms with Crippen LogP contribution >= 0.6 is 0 Å². The van der Waals surface area contributed by atoms with Gasteiger partial charge < -0.3 is 9.66 Å². The van der Waals surface area contributed by atoms with E-state index in [9.17, 15) is 18.1 Å². The van der Waals surface area contributed by atoms with E-state index in [-0.39, 0.29) is 35.7 Å². The van der Waals surface area contributed by atoms with Crippen molar-refractivity contribution >= 4 is 10.1 Å². The van der Waals surface area contributed by atoms with Gasteiger partial charge in [0, 0.05) is 5.25 Å². The van der Waals surface area contributed by atoms with Crippen LogP contribution in [0.3, 0.4) is 0 Å². The zero-order chi connectivity index (χ0) is 19.0. The fourth-order valence-electron chi connectivity index (χ4n) is 3.27. The van der Waals surface area contributed by atoms with Crippen molar-refractivity contribution in [2.45, 2.75) is 128 Å². The average molecular weight is 401 g/mol. The molecule has 26 heavy (non-hydrogen) atoms. The van der Waals surface area contributed by atoms with Gasteiger partial charge in [-0.05, 0) is 25.7 Å². The molecule has 0 saturated heterocycles. The molecular weight excluding hydrogens is 359 g/mol. The Morgan fingerprint density at radius 1 is 0.692 bits per heavy atom. The average Bonchev–Trinajstić information content (AvgIpc) is 2.55. The molecule has 0 saturated carbocycles. The number of unbranched alkanes of at least 4 members (excludes halogenated alkanes) is 9. The molecule has 4 nitrogen and oxygen atoms in total. The van der Waals surface area contributed by atoms with Gasteiger partial charge in [-0.25, -0.2) is 8.42 Å². The first-order chi connectivity index (χ1) is 11.9. The number of rotatable bonds is 18. The molecule has 0 radical (unpaired) electrons. The minimum absolute atomic E-state index is 0. The third kappa shape index (κ3) is 18.2. The van der Waals surface area contributed by atoms with Gasteiger partial charge in [0.15, 0.2) is 0 Å². The smallest absolute Gasteiger partial charge is 0.748 e. The van der Waals surface area contributed by atoms with Crippen LogP contribution < -0.4 is 29.6 Å². The molecule has 0 aliphatic rings. The van der Waals surface area contributed by atoms with Gasteiger partial charge in [-0.3, -0.25) is 0 Å². The Morgan fingerprint density at radius 3 is 1.58 bits per heavy atom. The molecule has 0 aliphatic heterocycles. The van der Waals surface area contributed by atoms with E-state index in [1.54, 1.807) is 0 Å². The number of hydrogen-bond donors (Lipinski definition) is 1. The first kappa shape index (κ1) is 29.1. The van der Waals surface area contributed by atoms with E-state index in [0.29, 0.717) is 12.8 Å². The third-order valence-electron chi connectivity index (χ3n) is 4.99. The normalized spacial score (nSPS) is 14.0. The van der Waals surface area contributed by atoms with Crippen molar-refractivity contribution in [2.24, 2.45) is 0 Å². The number of hydrogen-bond acceptors (Lipinski definition) is 4. The van der Waals surface area contributed by atoms with Crippen molar-refractivity contribution in [1.82, 2.24) is 0 Å². The van der Waals surface area contributed by atoms with Crippen molar-refractivity contribution in [3.05, 3.63) is 0 Å². The topological polar surface area (TPSA) is 77.4 Å². The van der Waals surface area contributed by atoms with Crippen molar-refractivity contribution < 1.29 is 47.6 Å². The summed E-state index contributed by atoms with van der Waals surface area (Å²) >= 11 is 0. The standard InChI is InChI=1S/C20H42O4S.Na/c1-3-5-7-8-9-10-13-17-20(25(22,23)24)18-14-11-12-16-19(21)15-6-4-2;/h19-21H,3-18H2,1-2H3,(H,22,23,24);/q;+1/p-1. The minimum atomic E-state index is -4.18. The van der Waals surface area contributed by atoms with E-state index in [1.165, 1.54) is 25.7 Å². The van der Waals surface area contributed by atoms with Gasteiger partial charge >= 0.3 is 29.6 Å². The Morgan fingerprint density at radius 2 is 1.08 bits per heavy atom. The third-order valence-corrected chi connectivity index (χ3v) is 6.28. The monoisotopic (exact) mass is 400 g/mol. The second-order valence-corrected chi connectivity index (χ2v) is 9.11. The van der Waals surface area contributed by atoms with Gasteiger partial charge in [-0.2, -0.15) is 0 Å². The second kappa shape index (κ2) is 19.2. The molecule has 6 heteroatoms. The fraction of sp³-hybridized carbons (Fsp3) is 1.00. The Kier molecular flexibility index (Phi) is 21.5. The maximum atomic E-state index is 11.4. The van der Waals surface area contributed by atoms with Crippen molar-refractivity contribution in [1.29, 1.82) is 0 Å². The van der Waals surface area contributed by atoms with Crippen LogP contribution in [0.2, 0.25) is 0 Å². The fourth-order valence-corrected chi connectivity index (χ4v) is 4.19. The summed E-state index contributed by atoms with van der Waals surface area (Å²) in [4.78, 5) is 0. The first-order valence-corrected chi connectivity index (χ1v) is 12.0. The summed E-state index contributed by atoms with van der Waals surface area (Å²) in [7, 11) is -4.18. The zero-order valence-electron chi connectivity index (χ0n) is 17.5. The van der Waals surface area contributed by atoms with Crippen LogP contribution in [0.25, 0.3) is 0 Å². The summed E-state index contributed by atoms with van der Waals surface area (Å²) in [5.74, 6) is 0. The molecule has 0 aliphatic carbocycles. The molecule has 0 fully saturated rings. The van der Waals surface area contributed by atoms with Gasteiger partial charge in [0.25, 0.3) is 0 Å². The zero-order valence-corrected chi connectivity index (χ0v) is 20.4. The SMILES string of the molecule is CCCCCCCCCC(CCCCCC(O)CCCC)S(=O)(=O)[O-].[Na+]. The van der Waals surface area contributed by atoms with Crippen LogP contribution in [0, 0.1) is 0 Å². The van der Waals surface area contributed by atoms with Crippen LogP contribution in [-0.4, -0.2) is 29.4 Å². The molecule has 2 atom stereocenters.